The van der Waals surface area contributed by atoms with Crippen LogP contribution in [0.15, 0.2) is 59.8 Å². The van der Waals surface area contributed by atoms with Crippen LogP contribution in [0.25, 0.3) is 0 Å². The molecule has 3 N–H and O–H groups in total. The molecule has 0 spiro atoms. The third-order valence-electron chi connectivity index (χ3n) is 4.11. The molecule has 29 heavy (non-hydrogen) atoms. The zero-order valence-corrected chi connectivity index (χ0v) is 17.2. The maximum atomic E-state index is 13.7. The van der Waals surface area contributed by atoms with Crippen molar-refractivity contribution in [3.8, 4) is 0 Å². The Kier molecular flexibility index (Phi) is 7.97. The molecule has 1 aromatic heterocycles. The number of hydrogen-bond donors (Lipinski definition) is 3. The van der Waals surface area contributed by atoms with Crippen LogP contribution in [0, 0.1) is 11.7 Å². The Hall–Kier alpha value is -2.49. The SMILES string of the molecule is O=C(NCC(CO)Cc1ccccc1F)Nc1nc(SCc2ccccc2)ns1. The number of nitrogens with one attached hydrogen (secondary N) is 2. The summed E-state index contributed by atoms with van der Waals surface area (Å²) in [6, 6.07) is 16.0. The molecule has 0 aliphatic rings. The smallest absolute Gasteiger partial charge is 0.321 e. The lowest BCUT2D eigenvalue weighted by Gasteiger charge is -2.15. The molecule has 0 bridgehead atoms. The van der Waals surface area contributed by atoms with E-state index in [0.29, 0.717) is 22.3 Å². The summed E-state index contributed by atoms with van der Waals surface area (Å²) in [7, 11) is 0. The van der Waals surface area contributed by atoms with Crippen LogP contribution in [0.1, 0.15) is 11.1 Å². The fraction of sp³-hybridized carbons (Fsp3) is 0.250. The van der Waals surface area contributed by atoms with E-state index in [1.165, 1.54) is 23.4 Å². The van der Waals surface area contributed by atoms with Gasteiger partial charge in [-0.2, -0.15) is 9.36 Å². The molecule has 2 aromatic carbocycles. The van der Waals surface area contributed by atoms with Crippen LogP contribution < -0.4 is 10.6 Å². The van der Waals surface area contributed by atoms with Crippen LogP contribution in [0.3, 0.4) is 0 Å². The number of amides is 2. The van der Waals surface area contributed by atoms with Crippen molar-refractivity contribution in [2.24, 2.45) is 5.92 Å². The fourth-order valence-electron chi connectivity index (χ4n) is 2.60. The first kappa shape index (κ1) is 21.2. The molecular weight excluding hydrogens is 411 g/mol. The minimum Gasteiger partial charge on any atom is -0.396 e. The predicted octanol–water partition coefficient (Wildman–Crippen LogP) is 3.94. The highest BCUT2D eigenvalue weighted by Crippen LogP contribution is 2.23. The molecule has 3 aromatic rings. The van der Waals surface area contributed by atoms with Gasteiger partial charge in [-0.25, -0.2) is 9.18 Å². The molecule has 6 nitrogen and oxygen atoms in total. The largest absolute Gasteiger partial charge is 0.396 e. The first-order valence-corrected chi connectivity index (χ1v) is 10.8. The predicted molar refractivity (Wildman–Crippen MR) is 114 cm³/mol. The molecule has 0 fully saturated rings. The van der Waals surface area contributed by atoms with Gasteiger partial charge in [0.05, 0.1) is 0 Å². The topological polar surface area (TPSA) is 87.1 Å². The monoisotopic (exact) mass is 432 g/mol. The number of urea groups is 1. The number of halogens is 1. The van der Waals surface area contributed by atoms with E-state index in [1.54, 1.807) is 18.2 Å². The molecule has 152 valence electrons. The summed E-state index contributed by atoms with van der Waals surface area (Å²) in [5.41, 5.74) is 1.68. The lowest BCUT2D eigenvalue weighted by atomic mass is 10.00. The average molecular weight is 433 g/mol. The first-order valence-electron chi connectivity index (χ1n) is 9.03. The zero-order chi connectivity index (χ0) is 20.5. The molecule has 9 heteroatoms. The second-order valence-corrected chi connectivity index (χ2v) is 8.03. The van der Waals surface area contributed by atoms with Gasteiger partial charge in [0.15, 0.2) is 0 Å². The summed E-state index contributed by atoms with van der Waals surface area (Å²) < 4.78 is 18.0. The quantitative estimate of drug-likeness (QED) is 0.446. The van der Waals surface area contributed by atoms with Gasteiger partial charge in [-0.1, -0.05) is 60.3 Å². The number of thioether (sulfide) groups is 1. The van der Waals surface area contributed by atoms with Crippen molar-refractivity contribution < 1.29 is 14.3 Å². The van der Waals surface area contributed by atoms with E-state index in [2.05, 4.69) is 20.0 Å². The van der Waals surface area contributed by atoms with Crippen molar-refractivity contribution in [3.05, 3.63) is 71.5 Å². The summed E-state index contributed by atoms with van der Waals surface area (Å²) in [4.78, 5) is 16.4. The molecular formula is C20H21FN4O2S2. The van der Waals surface area contributed by atoms with Crippen LogP contribution in [0.5, 0.6) is 0 Å². The summed E-state index contributed by atoms with van der Waals surface area (Å²) in [5, 5.41) is 15.8. The minimum absolute atomic E-state index is 0.159. The van der Waals surface area contributed by atoms with Crippen LogP contribution >= 0.6 is 23.3 Å². The highest BCUT2D eigenvalue weighted by molar-refractivity contribution is 7.98. The third-order valence-corrected chi connectivity index (χ3v) is 5.78. The standard InChI is InChI=1S/C20H21FN4O2S2/c21-17-9-5-4-8-16(17)10-15(12-26)11-22-18(27)23-19-24-20(25-29-19)28-13-14-6-2-1-3-7-14/h1-9,15,26H,10-13H2,(H2,22,23,24,25,27). The highest BCUT2D eigenvalue weighted by atomic mass is 32.2. The van der Waals surface area contributed by atoms with Crippen molar-refractivity contribution in [1.82, 2.24) is 14.7 Å². The Morgan fingerprint density at radius 1 is 1.17 bits per heavy atom. The van der Waals surface area contributed by atoms with Crippen LogP contribution in [-0.4, -0.2) is 33.6 Å². The molecule has 0 saturated carbocycles. The van der Waals surface area contributed by atoms with Crippen LogP contribution in [0.2, 0.25) is 0 Å². The van der Waals surface area contributed by atoms with Gasteiger partial charge in [-0.3, -0.25) is 5.32 Å². The maximum Gasteiger partial charge on any atom is 0.321 e. The van der Waals surface area contributed by atoms with Crippen LogP contribution in [0.4, 0.5) is 14.3 Å². The van der Waals surface area contributed by atoms with Gasteiger partial charge in [-0.05, 0) is 23.6 Å². The molecule has 0 aliphatic carbocycles. The number of benzene rings is 2. The summed E-state index contributed by atoms with van der Waals surface area (Å²) >= 11 is 2.60. The van der Waals surface area contributed by atoms with Gasteiger partial charge in [-0.15, -0.1) is 0 Å². The van der Waals surface area contributed by atoms with E-state index in [0.717, 1.165) is 17.3 Å². The summed E-state index contributed by atoms with van der Waals surface area (Å²) in [6.45, 7) is 0.0543. The molecule has 3 rings (SSSR count). The Balaban J connectivity index is 1.44. The van der Waals surface area contributed by atoms with E-state index < -0.39 is 6.03 Å². The van der Waals surface area contributed by atoms with E-state index in [4.69, 9.17) is 0 Å². The van der Waals surface area contributed by atoms with Gasteiger partial charge in [0.25, 0.3) is 0 Å². The fourth-order valence-corrected chi connectivity index (χ4v) is 4.09. The number of carbonyl (C=O) groups excluding carboxylic acids is 1. The summed E-state index contributed by atoms with van der Waals surface area (Å²) in [6.07, 6.45) is 0.336. The molecule has 1 unspecified atom stereocenters. The highest BCUT2D eigenvalue weighted by Gasteiger charge is 2.14. The van der Waals surface area contributed by atoms with Crippen molar-refractivity contribution in [1.29, 1.82) is 0 Å². The van der Waals surface area contributed by atoms with E-state index in [-0.39, 0.29) is 24.9 Å². The number of aliphatic hydroxyl groups excluding tert-OH is 1. The lowest BCUT2D eigenvalue weighted by Crippen LogP contribution is -2.35. The second-order valence-electron chi connectivity index (χ2n) is 6.34. The van der Waals surface area contributed by atoms with E-state index in [1.807, 2.05) is 30.3 Å². The molecule has 0 saturated heterocycles. The van der Waals surface area contributed by atoms with Crippen molar-refractivity contribution in [2.75, 3.05) is 18.5 Å². The number of aliphatic hydroxyl groups is 1. The first-order chi connectivity index (χ1) is 14.1. The van der Waals surface area contributed by atoms with E-state index >= 15 is 0 Å². The Labute approximate surface area is 176 Å². The number of nitrogens with zero attached hydrogens (tertiary/aromatic N) is 2. The third kappa shape index (κ3) is 6.81. The molecule has 2 amide bonds. The van der Waals surface area contributed by atoms with Gasteiger partial charge < -0.3 is 10.4 Å². The van der Waals surface area contributed by atoms with Gasteiger partial charge >= 0.3 is 6.03 Å². The molecule has 0 aliphatic heterocycles. The number of aromatic nitrogens is 2. The maximum absolute atomic E-state index is 13.7. The normalized spacial score (nSPS) is 11.8. The lowest BCUT2D eigenvalue weighted by molar-refractivity contribution is 0.217. The molecule has 1 heterocycles. The second kappa shape index (κ2) is 10.9. The van der Waals surface area contributed by atoms with Crippen LogP contribution in [-0.2, 0) is 12.2 Å². The summed E-state index contributed by atoms with van der Waals surface area (Å²) in [5.74, 6) is 0.145. The molecule has 0 radical (unpaired) electrons. The minimum atomic E-state index is -0.437. The molecule has 1 atom stereocenters. The van der Waals surface area contributed by atoms with Gasteiger partial charge in [0.1, 0.15) is 5.82 Å². The van der Waals surface area contributed by atoms with E-state index in [9.17, 15) is 14.3 Å². The zero-order valence-electron chi connectivity index (χ0n) is 15.5. The number of hydrogen-bond acceptors (Lipinski definition) is 6. The number of anilines is 1. The number of rotatable bonds is 9. The van der Waals surface area contributed by atoms with Gasteiger partial charge in [0, 0.05) is 36.4 Å². The Morgan fingerprint density at radius 3 is 2.69 bits per heavy atom. The Bertz CT molecular complexity index is 924. The van der Waals surface area contributed by atoms with Crippen molar-refractivity contribution in [3.63, 3.8) is 0 Å². The van der Waals surface area contributed by atoms with Crippen molar-refractivity contribution >= 4 is 34.5 Å². The van der Waals surface area contributed by atoms with Gasteiger partial charge in [0.2, 0.25) is 10.3 Å². The van der Waals surface area contributed by atoms with Crippen molar-refractivity contribution in [2.45, 2.75) is 17.3 Å². The number of carbonyl (C=O) groups is 1. The Morgan fingerprint density at radius 2 is 1.93 bits per heavy atom. The average Bonchev–Trinajstić information content (AvgIpc) is 3.19.